The van der Waals surface area contributed by atoms with Gasteiger partial charge in [0.2, 0.25) is 0 Å². The first-order valence-corrected chi connectivity index (χ1v) is 5.03. The maximum absolute atomic E-state index is 12.6. The lowest BCUT2D eigenvalue weighted by molar-refractivity contribution is -0.141. The number of aromatic amines is 1. The van der Waals surface area contributed by atoms with Crippen LogP contribution in [0.25, 0.3) is 11.3 Å². The molecule has 1 N–H and O–H groups in total. The molecule has 0 aliphatic rings. The van der Waals surface area contributed by atoms with Gasteiger partial charge in [0.1, 0.15) is 17.3 Å². The molecule has 0 radical (unpaired) electrons. The van der Waals surface area contributed by atoms with Crippen LogP contribution in [0.15, 0.2) is 24.3 Å². The lowest BCUT2D eigenvalue weighted by atomic mass is 10.1. The average molecular weight is 262 g/mol. The van der Waals surface area contributed by atoms with Crippen LogP contribution in [0, 0.1) is 22.7 Å². The molecule has 1 aromatic heterocycles. The Labute approximate surface area is 105 Å². The highest BCUT2D eigenvalue weighted by molar-refractivity contribution is 5.68. The van der Waals surface area contributed by atoms with E-state index in [1.807, 2.05) is 11.2 Å². The van der Waals surface area contributed by atoms with Crippen molar-refractivity contribution in [2.45, 2.75) is 6.18 Å². The third-order valence-electron chi connectivity index (χ3n) is 2.45. The van der Waals surface area contributed by atoms with Crippen LogP contribution in [-0.4, -0.2) is 10.2 Å². The Morgan fingerprint density at radius 1 is 1.05 bits per heavy atom. The summed E-state index contributed by atoms with van der Waals surface area (Å²) in [5.41, 5.74) is -1.11. The second kappa shape index (κ2) is 4.46. The third-order valence-corrected chi connectivity index (χ3v) is 2.45. The molecule has 0 amide bonds. The highest BCUT2D eigenvalue weighted by Gasteiger charge is 2.37. The molecule has 0 atom stereocenters. The Morgan fingerprint density at radius 2 is 1.68 bits per heavy atom. The lowest BCUT2D eigenvalue weighted by Crippen LogP contribution is -2.07. The SMILES string of the molecule is N#Cc1ccc(-c2n[nH]c(C(F)(F)F)c2C#N)cc1. The highest BCUT2D eigenvalue weighted by Crippen LogP contribution is 2.34. The summed E-state index contributed by atoms with van der Waals surface area (Å²) in [4.78, 5) is 0. The number of aromatic nitrogens is 2. The van der Waals surface area contributed by atoms with E-state index in [1.165, 1.54) is 30.3 Å². The lowest BCUT2D eigenvalue weighted by Gasteiger charge is -2.03. The molecule has 4 nitrogen and oxygen atoms in total. The van der Waals surface area contributed by atoms with Crippen molar-refractivity contribution >= 4 is 0 Å². The summed E-state index contributed by atoms with van der Waals surface area (Å²) in [6.45, 7) is 0. The van der Waals surface area contributed by atoms with E-state index in [0.717, 1.165) is 0 Å². The van der Waals surface area contributed by atoms with Gasteiger partial charge in [0, 0.05) is 5.56 Å². The van der Waals surface area contributed by atoms with Crippen LogP contribution >= 0.6 is 0 Å². The smallest absolute Gasteiger partial charge is 0.272 e. The minimum absolute atomic E-state index is 0.0840. The maximum atomic E-state index is 12.6. The molecule has 0 saturated heterocycles. The number of halogens is 3. The Bertz CT molecular complexity index is 684. The largest absolute Gasteiger partial charge is 0.434 e. The summed E-state index contributed by atoms with van der Waals surface area (Å²) < 4.78 is 37.9. The summed E-state index contributed by atoms with van der Waals surface area (Å²) in [6, 6.07) is 9.16. The quantitative estimate of drug-likeness (QED) is 0.858. The van der Waals surface area contributed by atoms with E-state index in [2.05, 4.69) is 5.10 Å². The minimum atomic E-state index is -4.66. The number of hydrogen-bond donors (Lipinski definition) is 1. The molecule has 0 aliphatic carbocycles. The molecule has 2 rings (SSSR count). The summed E-state index contributed by atoms with van der Waals surface area (Å²) in [5.74, 6) is 0. The number of nitriles is 2. The normalized spacial score (nSPS) is 10.8. The first-order chi connectivity index (χ1) is 8.97. The molecule has 0 fully saturated rings. The van der Waals surface area contributed by atoms with Gasteiger partial charge in [-0.1, -0.05) is 12.1 Å². The Kier molecular flexibility index (Phi) is 2.97. The minimum Gasteiger partial charge on any atom is -0.272 e. The molecule has 0 unspecified atom stereocenters. The van der Waals surface area contributed by atoms with Crippen molar-refractivity contribution in [1.29, 1.82) is 10.5 Å². The van der Waals surface area contributed by atoms with Crippen molar-refractivity contribution in [3.63, 3.8) is 0 Å². The van der Waals surface area contributed by atoms with E-state index in [0.29, 0.717) is 11.1 Å². The highest BCUT2D eigenvalue weighted by atomic mass is 19.4. The van der Waals surface area contributed by atoms with Crippen molar-refractivity contribution in [2.75, 3.05) is 0 Å². The van der Waals surface area contributed by atoms with Gasteiger partial charge < -0.3 is 0 Å². The zero-order valence-corrected chi connectivity index (χ0v) is 9.28. The van der Waals surface area contributed by atoms with Crippen LogP contribution in [0.4, 0.5) is 13.2 Å². The fourth-order valence-electron chi connectivity index (χ4n) is 1.57. The first-order valence-electron chi connectivity index (χ1n) is 5.03. The third kappa shape index (κ3) is 2.26. The maximum Gasteiger partial charge on any atom is 0.434 e. The van der Waals surface area contributed by atoms with Gasteiger partial charge in [0.15, 0.2) is 5.69 Å². The van der Waals surface area contributed by atoms with Crippen molar-refractivity contribution in [2.24, 2.45) is 0 Å². The molecule has 1 heterocycles. The van der Waals surface area contributed by atoms with Gasteiger partial charge in [-0.25, -0.2) is 0 Å². The Balaban J connectivity index is 2.55. The molecule has 0 aliphatic heterocycles. The molecule has 2 aromatic rings. The molecular formula is C12H5F3N4. The van der Waals surface area contributed by atoms with Gasteiger partial charge in [-0.15, -0.1) is 0 Å². The Hall–Kier alpha value is -2.80. The van der Waals surface area contributed by atoms with Crippen molar-refractivity contribution < 1.29 is 13.2 Å². The average Bonchev–Trinajstić information content (AvgIpc) is 2.82. The van der Waals surface area contributed by atoms with Gasteiger partial charge in [-0.3, -0.25) is 5.10 Å². The summed E-state index contributed by atoms with van der Waals surface area (Å²) in [6.07, 6.45) is -4.66. The van der Waals surface area contributed by atoms with E-state index in [-0.39, 0.29) is 5.69 Å². The van der Waals surface area contributed by atoms with Crippen molar-refractivity contribution in [3.8, 4) is 23.4 Å². The predicted molar refractivity (Wildman–Crippen MR) is 58.5 cm³/mol. The second-order valence-electron chi connectivity index (χ2n) is 3.62. The van der Waals surface area contributed by atoms with Gasteiger partial charge >= 0.3 is 6.18 Å². The van der Waals surface area contributed by atoms with Gasteiger partial charge in [-0.05, 0) is 12.1 Å². The monoisotopic (exact) mass is 262 g/mol. The number of nitrogens with one attached hydrogen (secondary N) is 1. The number of benzene rings is 1. The van der Waals surface area contributed by atoms with E-state index in [9.17, 15) is 13.2 Å². The first kappa shape index (κ1) is 12.7. The van der Waals surface area contributed by atoms with Gasteiger partial charge in [-0.2, -0.15) is 28.8 Å². The molecule has 7 heteroatoms. The van der Waals surface area contributed by atoms with E-state index >= 15 is 0 Å². The van der Waals surface area contributed by atoms with Crippen LogP contribution in [0.5, 0.6) is 0 Å². The predicted octanol–water partition coefficient (Wildman–Crippen LogP) is 2.84. The summed E-state index contributed by atoms with van der Waals surface area (Å²) in [7, 11) is 0. The van der Waals surface area contributed by atoms with Crippen LogP contribution in [0.2, 0.25) is 0 Å². The number of H-pyrrole nitrogens is 1. The van der Waals surface area contributed by atoms with Crippen LogP contribution < -0.4 is 0 Å². The number of rotatable bonds is 1. The number of hydrogen-bond acceptors (Lipinski definition) is 3. The van der Waals surface area contributed by atoms with Crippen molar-refractivity contribution in [3.05, 3.63) is 41.1 Å². The van der Waals surface area contributed by atoms with Gasteiger partial charge in [0.25, 0.3) is 0 Å². The fraction of sp³-hybridized carbons (Fsp3) is 0.0833. The standard InChI is InChI=1S/C12H5F3N4/c13-12(14,15)11-9(6-17)10(18-19-11)8-3-1-7(5-16)2-4-8/h1-4H,(H,18,19). The topological polar surface area (TPSA) is 76.3 Å². The molecule has 94 valence electrons. The molecule has 0 spiro atoms. The summed E-state index contributed by atoms with van der Waals surface area (Å²) in [5, 5.41) is 22.8. The fourth-order valence-corrected chi connectivity index (χ4v) is 1.57. The summed E-state index contributed by atoms with van der Waals surface area (Å²) >= 11 is 0. The van der Waals surface area contributed by atoms with Crippen molar-refractivity contribution in [1.82, 2.24) is 10.2 Å². The van der Waals surface area contributed by atoms with Crippen LogP contribution in [0.1, 0.15) is 16.8 Å². The molecule has 0 saturated carbocycles. The van der Waals surface area contributed by atoms with E-state index < -0.39 is 17.4 Å². The zero-order valence-electron chi connectivity index (χ0n) is 9.28. The molecule has 0 bridgehead atoms. The zero-order chi connectivity index (χ0) is 14.0. The molecular weight excluding hydrogens is 257 g/mol. The van der Waals surface area contributed by atoms with E-state index in [4.69, 9.17) is 10.5 Å². The number of nitrogens with zero attached hydrogens (tertiary/aromatic N) is 3. The second-order valence-corrected chi connectivity index (χ2v) is 3.62. The molecule has 19 heavy (non-hydrogen) atoms. The van der Waals surface area contributed by atoms with Gasteiger partial charge in [0.05, 0.1) is 11.6 Å². The number of alkyl halides is 3. The van der Waals surface area contributed by atoms with Crippen LogP contribution in [0.3, 0.4) is 0 Å². The Morgan fingerprint density at radius 3 is 2.16 bits per heavy atom. The molecule has 1 aromatic carbocycles. The van der Waals surface area contributed by atoms with Crippen LogP contribution in [-0.2, 0) is 6.18 Å². The van der Waals surface area contributed by atoms with E-state index in [1.54, 1.807) is 0 Å².